The lowest BCUT2D eigenvalue weighted by atomic mass is 10.1. The van der Waals surface area contributed by atoms with Crippen LogP contribution in [0.25, 0.3) is 10.9 Å². The van der Waals surface area contributed by atoms with Gasteiger partial charge in [-0.3, -0.25) is 9.59 Å². The molecule has 0 saturated heterocycles. The maximum Gasteiger partial charge on any atom is 0.296 e. The highest BCUT2D eigenvalue weighted by Gasteiger charge is 2.17. The SMILES string of the molecule is COc1cc2ncnc(Oc3ccc(C(=O)C(=O)Nc4cccc(C#N)c4)cc3)c2cc1OC. The standard InChI is InChI=1S/C25H18N4O5/c1-32-21-11-19-20(12-22(21)33-2)27-14-28-25(19)34-18-8-6-16(7-9-18)23(30)24(31)29-17-5-3-4-15(10-17)13-26/h3-12,14H,1-2H3,(H,29,31). The van der Waals surface area contributed by atoms with Gasteiger partial charge >= 0.3 is 0 Å². The molecule has 1 amide bonds. The predicted octanol–water partition coefficient (Wildman–Crippen LogP) is 4.13. The highest BCUT2D eigenvalue weighted by molar-refractivity contribution is 6.46. The van der Waals surface area contributed by atoms with Crippen LogP contribution in [0.4, 0.5) is 5.69 Å². The Morgan fingerprint density at radius 3 is 2.38 bits per heavy atom. The molecule has 0 spiro atoms. The van der Waals surface area contributed by atoms with E-state index in [0.29, 0.717) is 45.3 Å². The maximum atomic E-state index is 12.5. The van der Waals surface area contributed by atoms with Gasteiger partial charge in [0.2, 0.25) is 5.88 Å². The number of hydrogen-bond acceptors (Lipinski definition) is 8. The molecular formula is C25H18N4O5. The van der Waals surface area contributed by atoms with Gasteiger partial charge in [0, 0.05) is 17.3 Å². The summed E-state index contributed by atoms with van der Waals surface area (Å²) in [5.74, 6) is 0.195. The predicted molar refractivity (Wildman–Crippen MR) is 123 cm³/mol. The van der Waals surface area contributed by atoms with Crippen molar-refractivity contribution in [3.63, 3.8) is 0 Å². The quantitative estimate of drug-likeness (QED) is 0.327. The number of hydrogen-bond donors (Lipinski definition) is 1. The van der Waals surface area contributed by atoms with E-state index in [1.807, 2.05) is 6.07 Å². The number of carbonyl (C=O) groups excluding carboxylic acids is 2. The van der Waals surface area contributed by atoms with E-state index in [4.69, 9.17) is 19.5 Å². The first-order valence-corrected chi connectivity index (χ1v) is 10.0. The molecule has 0 bridgehead atoms. The summed E-state index contributed by atoms with van der Waals surface area (Å²) < 4.78 is 16.5. The first kappa shape index (κ1) is 22.2. The number of nitrogens with one attached hydrogen (secondary N) is 1. The Hall–Kier alpha value is -4.97. The third-order valence-electron chi connectivity index (χ3n) is 4.89. The van der Waals surface area contributed by atoms with Crippen molar-refractivity contribution in [2.75, 3.05) is 19.5 Å². The Morgan fingerprint density at radius 1 is 0.941 bits per heavy atom. The number of methoxy groups -OCH3 is 2. The number of ether oxygens (including phenoxy) is 3. The number of ketones is 1. The molecule has 9 heteroatoms. The summed E-state index contributed by atoms with van der Waals surface area (Å²) in [4.78, 5) is 33.3. The third-order valence-corrected chi connectivity index (χ3v) is 4.89. The van der Waals surface area contributed by atoms with Crippen LogP contribution >= 0.6 is 0 Å². The fraction of sp³-hybridized carbons (Fsp3) is 0.0800. The first-order chi connectivity index (χ1) is 16.5. The summed E-state index contributed by atoms with van der Waals surface area (Å²) in [6.45, 7) is 0. The van der Waals surface area contributed by atoms with Crippen molar-refractivity contribution >= 4 is 28.3 Å². The van der Waals surface area contributed by atoms with E-state index in [0.717, 1.165) is 0 Å². The van der Waals surface area contributed by atoms with Gasteiger partial charge in [-0.15, -0.1) is 0 Å². The highest BCUT2D eigenvalue weighted by atomic mass is 16.5. The minimum absolute atomic E-state index is 0.181. The Balaban J connectivity index is 1.51. The molecule has 3 aromatic carbocycles. The largest absolute Gasteiger partial charge is 0.493 e. The van der Waals surface area contributed by atoms with Gasteiger partial charge in [0.1, 0.15) is 12.1 Å². The second-order valence-corrected chi connectivity index (χ2v) is 7.01. The average molecular weight is 454 g/mol. The summed E-state index contributed by atoms with van der Waals surface area (Å²) in [6.07, 6.45) is 1.37. The molecule has 34 heavy (non-hydrogen) atoms. The highest BCUT2D eigenvalue weighted by Crippen LogP contribution is 2.35. The average Bonchev–Trinajstić information content (AvgIpc) is 2.88. The van der Waals surface area contributed by atoms with Crippen molar-refractivity contribution in [2.24, 2.45) is 0 Å². The van der Waals surface area contributed by atoms with Crippen LogP contribution in [0.3, 0.4) is 0 Å². The van der Waals surface area contributed by atoms with E-state index in [2.05, 4.69) is 15.3 Å². The van der Waals surface area contributed by atoms with E-state index in [9.17, 15) is 9.59 Å². The van der Waals surface area contributed by atoms with Gasteiger partial charge in [0.15, 0.2) is 11.5 Å². The molecule has 1 N–H and O–H groups in total. The van der Waals surface area contributed by atoms with E-state index in [1.165, 1.54) is 38.7 Å². The number of aromatic nitrogens is 2. The van der Waals surface area contributed by atoms with Crippen LogP contribution in [0, 0.1) is 11.3 Å². The molecular weight excluding hydrogens is 436 g/mol. The Bertz CT molecular complexity index is 1430. The molecule has 0 aliphatic rings. The zero-order valence-electron chi connectivity index (χ0n) is 18.2. The van der Waals surface area contributed by atoms with E-state index >= 15 is 0 Å². The topological polar surface area (TPSA) is 123 Å². The zero-order chi connectivity index (χ0) is 24.1. The molecule has 4 rings (SSSR count). The van der Waals surface area contributed by atoms with Gasteiger partial charge in [-0.1, -0.05) is 6.07 Å². The summed E-state index contributed by atoms with van der Waals surface area (Å²) >= 11 is 0. The normalized spacial score (nSPS) is 10.3. The van der Waals surface area contributed by atoms with Crippen LogP contribution in [0.5, 0.6) is 23.1 Å². The van der Waals surface area contributed by atoms with Gasteiger partial charge in [-0.05, 0) is 48.5 Å². The zero-order valence-corrected chi connectivity index (χ0v) is 18.2. The van der Waals surface area contributed by atoms with Gasteiger partial charge in [-0.25, -0.2) is 9.97 Å². The number of benzene rings is 3. The number of amides is 1. The number of rotatable bonds is 7. The Morgan fingerprint density at radius 2 is 1.68 bits per heavy atom. The summed E-state index contributed by atoms with van der Waals surface area (Å²) in [5.41, 5.74) is 1.52. The van der Waals surface area contributed by atoms with Crippen LogP contribution in [0.1, 0.15) is 15.9 Å². The number of nitriles is 1. The van der Waals surface area contributed by atoms with Crippen molar-refractivity contribution in [1.82, 2.24) is 9.97 Å². The molecule has 1 aromatic heterocycles. The van der Waals surface area contributed by atoms with E-state index < -0.39 is 11.7 Å². The molecule has 0 aliphatic heterocycles. The molecule has 0 aliphatic carbocycles. The van der Waals surface area contributed by atoms with Crippen molar-refractivity contribution in [1.29, 1.82) is 5.26 Å². The molecule has 0 atom stereocenters. The van der Waals surface area contributed by atoms with Crippen molar-refractivity contribution in [3.8, 4) is 29.2 Å². The first-order valence-electron chi connectivity index (χ1n) is 10.0. The van der Waals surface area contributed by atoms with Gasteiger partial charge < -0.3 is 19.5 Å². The molecule has 0 radical (unpaired) electrons. The maximum absolute atomic E-state index is 12.5. The van der Waals surface area contributed by atoms with Gasteiger partial charge in [-0.2, -0.15) is 5.26 Å². The van der Waals surface area contributed by atoms with E-state index in [1.54, 1.807) is 42.5 Å². The van der Waals surface area contributed by atoms with E-state index in [-0.39, 0.29) is 5.56 Å². The third kappa shape index (κ3) is 4.61. The second-order valence-electron chi connectivity index (χ2n) is 7.01. The van der Waals surface area contributed by atoms with Crippen molar-refractivity contribution < 1.29 is 23.8 Å². The number of anilines is 1. The monoisotopic (exact) mass is 454 g/mol. The van der Waals surface area contributed by atoms with Crippen LogP contribution in [-0.2, 0) is 4.79 Å². The molecule has 9 nitrogen and oxygen atoms in total. The van der Waals surface area contributed by atoms with Gasteiger partial charge in [0.25, 0.3) is 11.7 Å². The molecule has 0 fully saturated rings. The number of carbonyl (C=O) groups is 2. The van der Waals surface area contributed by atoms with Crippen molar-refractivity contribution in [3.05, 3.63) is 78.1 Å². The molecule has 1 heterocycles. The fourth-order valence-corrected chi connectivity index (χ4v) is 3.21. The molecule has 0 unspecified atom stereocenters. The number of Topliss-reactive ketones (excluding diaryl/α,β-unsaturated/α-hetero) is 1. The van der Waals surface area contributed by atoms with Crippen molar-refractivity contribution in [2.45, 2.75) is 0 Å². The summed E-state index contributed by atoms with van der Waals surface area (Å²) in [5, 5.41) is 12.1. The molecule has 0 saturated carbocycles. The Kier molecular flexibility index (Phi) is 6.32. The van der Waals surface area contributed by atoms with Crippen LogP contribution in [0.2, 0.25) is 0 Å². The second kappa shape index (κ2) is 9.67. The van der Waals surface area contributed by atoms with Gasteiger partial charge in [0.05, 0.1) is 36.8 Å². The fourth-order valence-electron chi connectivity index (χ4n) is 3.21. The van der Waals surface area contributed by atoms with Crippen LogP contribution in [-0.4, -0.2) is 35.9 Å². The van der Waals surface area contributed by atoms with Crippen LogP contribution < -0.4 is 19.5 Å². The molecule has 4 aromatic rings. The number of fused-ring (bicyclic) bond motifs is 1. The minimum Gasteiger partial charge on any atom is -0.493 e. The lowest BCUT2D eigenvalue weighted by Crippen LogP contribution is -2.22. The summed E-state index contributed by atoms with van der Waals surface area (Å²) in [7, 11) is 3.06. The summed E-state index contributed by atoms with van der Waals surface area (Å²) in [6, 6.07) is 17.8. The minimum atomic E-state index is -0.813. The molecule has 168 valence electrons. The van der Waals surface area contributed by atoms with Crippen LogP contribution in [0.15, 0.2) is 67.0 Å². The lowest BCUT2D eigenvalue weighted by Gasteiger charge is -2.11. The number of nitrogens with zero attached hydrogens (tertiary/aromatic N) is 3. The lowest BCUT2D eigenvalue weighted by molar-refractivity contribution is -0.112. The smallest absolute Gasteiger partial charge is 0.296 e. The Labute approximate surface area is 194 Å².